The molecule has 1 unspecified atom stereocenters. The lowest BCUT2D eigenvalue weighted by molar-refractivity contribution is -0.166. The maximum absolute atomic E-state index is 12.8. The quantitative estimate of drug-likeness (QED) is 0.0262. The molecule has 0 N–H and O–H groups in total. The third kappa shape index (κ3) is 57.3. The first-order valence-corrected chi connectivity index (χ1v) is 28.3. The molecular weight excluding hydrogens is 901 g/mol. The molecule has 1 atom stereocenters. The molecule has 0 aliphatic rings. The summed E-state index contributed by atoms with van der Waals surface area (Å²) in [7, 11) is 0. The highest BCUT2D eigenvalue weighted by Gasteiger charge is 2.19. The van der Waals surface area contributed by atoms with Crippen LogP contribution in [0.1, 0.15) is 201 Å². The minimum atomic E-state index is -0.863. The normalized spacial score (nSPS) is 13.5. The van der Waals surface area contributed by atoms with Crippen molar-refractivity contribution in [2.75, 3.05) is 13.2 Å². The van der Waals surface area contributed by atoms with Gasteiger partial charge in [0.1, 0.15) is 13.2 Å². The van der Waals surface area contributed by atoms with Gasteiger partial charge in [-0.1, -0.05) is 222 Å². The van der Waals surface area contributed by atoms with E-state index in [4.69, 9.17) is 14.2 Å². The zero-order valence-electron chi connectivity index (χ0n) is 46.1. The molecule has 6 heteroatoms. The SMILES string of the molecule is CCC=CCC=CCC=CCC=CCC=CCC=CCCC(=O)OCC(COC(=O)CCCCCC=CCC=CCC=CCC=CCC=CCC)OC(=O)CCCC=CCC=CCC=CCC=CCCCCC. The Kier molecular flexibility index (Phi) is 54.6. The molecule has 0 saturated carbocycles. The fourth-order valence-corrected chi connectivity index (χ4v) is 6.72. The third-order valence-electron chi connectivity index (χ3n) is 10.9. The first kappa shape index (κ1) is 67.5. The lowest BCUT2D eigenvalue weighted by Gasteiger charge is -2.18. The minimum absolute atomic E-state index is 0.151. The highest BCUT2D eigenvalue weighted by atomic mass is 16.6. The summed E-state index contributed by atoms with van der Waals surface area (Å²) >= 11 is 0. The van der Waals surface area contributed by atoms with Crippen LogP contribution in [0, 0.1) is 0 Å². The molecule has 404 valence electrons. The van der Waals surface area contributed by atoms with Gasteiger partial charge in [-0.15, -0.1) is 0 Å². The summed E-state index contributed by atoms with van der Waals surface area (Å²) < 4.78 is 16.7. The Labute approximate surface area is 446 Å². The van der Waals surface area contributed by atoms with E-state index in [2.05, 4.69) is 191 Å². The van der Waals surface area contributed by atoms with Crippen molar-refractivity contribution in [2.24, 2.45) is 0 Å². The van der Waals surface area contributed by atoms with Crippen LogP contribution in [0.5, 0.6) is 0 Å². The first-order chi connectivity index (χ1) is 36.0. The number of rotatable bonds is 48. The van der Waals surface area contributed by atoms with Crippen LogP contribution >= 0.6 is 0 Å². The number of hydrogen-bond acceptors (Lipinski definition) is 6. The van der Waals surface area contributed by atoms with Crippen LogP contribution < -0.4 is 0 Å². The number of carbonyl (C=O) groups excluding carboxylic acids is 3. The van der Waals surface area contributed by atoms with Crippen molar-refractivity contribution in [2.45, 2.75) is 207 Å². The number of hydrogen-bond donors (Lipinski definition) is 0. The second kappa shape index (κ2) is 59.1. The molecule has 73 heavy (non-hydrogen) atoms. The fraction of sp³-hybridized carbons (Fsp3) is 0.507. The van der Waals surface area contributed by atoms with Crippen LogP contribution in [0.4, 0.5) is 0 Å². The van der Waals surface area contributed by atoms with E-state index in [9.17, 15) is 14.4 Å². The molecule has 6 nitrogen and oxygen atoms in total. The van der Waals surface area contributed by atoms with E-state index in [-0.39, 0.29) is 44.4 Å². The Morgan fingerprint density at radius 1 is 0.288 bits per heavy atom. The molecule has 0 aromatic carbocycles. The van der Waals surface area contributed by atoms with E-state index in [1.165, 1.54) is 25.7 Å². The van der Waals surface area contributed by atoms with Gasteiger partial charge in [0.05, 0.1) is 0 Å². The van der Waals surface area contributed by atoms with Crippen LogP contribution in [-0.2, 0) is 28.6 Å². The molecule has 0 rings (SSSR count). The van der Waals surface area contributed by atoms with E-state index >= 15 is 0 Å². The second-order valence-electron chi connectivity index (χ2n) is 17.7. The summed E-state index contributed by atoms with van der Waals surface area (Å²) in [5.41, 5.74) is 0. The number of allylic oxidation sites excluding steroid dienone is 30. The highest BCUT2D eigenvalue weighted by molar-refractivity contribution is 5.71. The molecule has 0 spiro atoms. The third-order valence-corrected chi connectivity index (χ3v) is 10.9. The topological polar surface area (TPSA) is 78.9 Å². The van der Waals surface area contributed by atoms with Crippen molar-refractivity contribution >= 4 is 17.9 Å². The maximum atomic E-state index is 12.8. The van der Waals surface area contributed by atoms with Crippen LogP contribution in [-0.4, -0.2) is 37.2 Å². The van der Waals surface area contributed by atoms with Gasteiger partial charge in [-0.25, -0.2) is 0 Å². The predicted molar refractivity (Wildman–Crippen MR) is 315 cm³/mol. The van der Waals surface area contributed by atoms with E-state index in [1.54, 1.807) is 0 Å². The molecule has 0 amide bonds. The van der Waals surface area contributed by atoms with Crippen molar-refractivity contribution in [3.8, 4) is 0 Å². The van der Waals surface area contributed by atoms with Gasteiger partial charge in [-0.3, -0.25) is 14.4 Å². The summed E-state index contributed by atoms with van der Waals surface area (Å²) in [6.45, 7) is 6.21. The Hall–Kier alpha value is -5.49. The summed E-state index contributed by atoms with van der Waals surface area (Å²) in [4.78, 5) is 38.1. The van der Waals surface area contributed by atoms with Gasteiger partial charge in [-0.05, 0) is 141 Å². The average Bonchev–Trinajstić information content (AvgIpc) is 3.39. The number of unbranched alkanes of at least 4 members (excludes halogenated alkanes) is 7. The number of ether oxygens (including phenoxy) is 3. The fourth-order valence-electron chi connectivity index (χ4n) is 6.72. The van der Waals surface area contributed by atoms with E-state index < -0.39 is 12.1 Å². The number of carbonyl (C=O) groups is 3. The lowest BCUT2D eigenvalue weighted by Crippen LogP contribution is -2.30. The minimum Gasteiger partial charge on any atom is -0.462 e. The van der Waals surface area contributed by atoms with Crippen LogP contribution in [0.15, 0.2) is 182 Å². The molecule has 0 radical (unpaired) electrons. The van der Waals surface area contributed by atoms with Crippen molar-refractivity contribution < 1.29 is 28.6 Å². The molecule has 0 aromatic rings. The van der Waals surface area contributed by atoms with Gasteiger partial charge in [0.2, 0.25) is 0 Å². The summed E-state index contributed by atoms with van der Waals surface area (Å²) in [6.07, 6.45) is 88.9. The Morgan fingerprint density at radius 3 is 0.932 bits per heavy atom. The standard InChI is InChI=1S/C67H100O6/c1-4-7-10-13-16-19-22-25-28-31-33-36-38-41-44-47-50-53-56-59-65(68)71-62-64(73-67(70)61-58-55-52-49-46-43-40-35-30-27-24-21-18-15-12-9-6-3)63-72-66(69)60-57-54-51-48-45-42-39-37-34-32-29-26-23-20-17-14-11-8-5-2/h7-8,10-11,16-21,25-30,33-34,36-37,40-45,49-50,52-53,64H,4-6,9,12-15,22-24,31-32,35,38-39,46-48,51,54-63H2,1-3H3. The van der Waals surface area contributed by atoms with Gasteiger partial charge in [-0.2, -0.15) is 0 Å². The lowest BCUT2D eigenvalue weighted by atomic mass is 10.1. The Balaban J connectivity index is 4.69. The molecule has 0 fully saturated rings. The van der Waals surface area contributed by atoms with Gasteiger partial charge in [0, 0.05) is 19.3 Å². The molecule has 0 heterocycles. The molecule has 0 aliphatic carbocycles. The summed E-state index contributed by atoms with van der Waals surface area (Å²) in [5, 5.41) is 0. The molecule has 0 aliphatic heterocycles. The Bertz CT molecular complexity index is 1770. The van der Waals surface area contributed by atoms with Crippen molar-refractivity contribution in [3.05, 3.63) is 182 Å². The van der Waals surface area contributed by atoms with E-state index in [1.807, 2.05) is 12.2 Å². The molecule has 0 aromatic heterocycles. The summed E-state index contributed by atoms with van der Waals surface area (Å²) in [5.74, 6) is -1.14. The zero-order valence-corrected chi connectivity index (χ0v) is 46.1. The highest BCUT2D eigenvalue weighted by Crippen LogP contribution is 2.10. The van der Waals surface area contributed by atoms with E-state index in [0.717, 1.165) is 122 Å². The molecule has 0 bridgehead atoms. The second-order valence-corrected chi connectivity index (χ2v) is 17.7. The van der Waals surface area contributed by atoms with Gasteiger partial charge in [0.15, 0.2) is 6.10 Å². The van der Waals surface area contributed by atoms with Crippen LogP contribution in [0.25, 0.3) is 0 Å². The van der Waals surface area contributed by atoms with Crippen LogP contribution in [0.3, 0.4) is 0 Å². The monoisotopic (exact) mass is 1000 g/mol. The zero-order chi connectivity index (χ0) is 52.9. The molecular formula is C67H100O6. The number of esters is 3. The van der Waals surface area contributed by atoms with Crippen molar-refractivity contribution in [1.29, 1.82) is 0 Å². The largest absolute Gasteiger partial charge is 0.462 e. The first-order valence-electron chi connectivity index (χ1n) is 28.3. The Morgan fingerprint density at radius 2 is 0.575 bits per heavy atom. The van der Waals surface area contributed by atoms with Crippen molar-refractivity contribution in [1.82, 2.24) is 0 Å². The van der Waals surface area contributed by atoms with Gasteiger partial charge in [0.25, 0.3) is 0 Å². The predicted octanol–water partition coefficient (Wildman–Crippen LogP) is 19.3. The van der Waals surface area contributed by atoms with Gasteiger partial charge >= 0.3 is 17.9 Å². The average molecular weight is 1000 g/mol. The van der Waals surface area contributed by atoms with Gasteiger partial charge < -0.3 is 14.2 Å². The van der Waals surface area contributed by atoms with Crippen molar-refractivity contribution in [3.63, 3.8) is 0 Å². The van der Waals surface area contributed by atoms with Crippen LogP contribution in [0.2, 0.25) is 0 Å². The smallest absolute Gasteiger partial charge is 0.306 e. The maximum Gasteiger partial charge on any atom is 0.306 e. The molecule has 0 saturated heterocycles. The summed E-state index contributed by atoms with van der Waals surface area (Å²) in [6, 6.07) is 0. The van der Waals surface area contributed by atoms with E-state index in [0.29, 0.717) is 12.8 Å².